The molecule has 1 atom stereocenters. The van der Waals surface area contributed by atoms with E-state index in [1.165, 1.54) is 128 Å². The van der Waals surface area contributed by atoms with Gasteiger partial charge in [-0.15, -0.1) is 0 Å². The SMILES string of the molecule is CCCCCCCCCCCCCCC(CCCCCCCCCC)[N+](C)(C)[O-]. The third kappa shape index (κ3) is 21.0. The first kappa shape index (κ1) is 28.9. The van der Waals surface area contributed by atoms with E-state index in [2.05, 4.69) is 13.8 Å². The second-order valence-corrected chi connectivity index (χ2v) is 10.0. The molecule has 0 aromatic rings. The highest BCUT2D eigenvalue weighted by atomic mass is 16.5. The van der Waals surface area contributed by atoms with Gasteiger partial charge in [0.1, 0.15) is 0 Å². The maximum absolute atomic E-state index is 12.5. The number of hydrogen-bond donors (Lipinski definition) is 0. The van der Waals surface area contributed by atoms with E-state index in [1.54, 1.807) is 0 Å². The molecule has 176 valence electrons. The molecule has 0 aliphatic carbocycles. The molecule has 0 aliphatic rings. The number of quaternary nitrogens is 1. The standard InChI is InChI=1S/C27H57NO/c1-5-7-9-11-13-15-16-17-18-20-22-24-26-27(28(3,4)29)25-23-21-19-14-12-10-8-6-2/h27H,5-26H2,1-4H3. The van der Waals surface area contributed by atoms with Crippen LogP contribution in [0, 0.1) is 5.21 Å². The Morgan fingerprint density at radius 3 is 0.931 bits per heavy atom. The van der Waals surface area contributed by atoms with Crippen LogP contribution >= 0.6 is 0 Å². The Balaban J connectivity index is 3.58. The molecule has 0 radical (unpaired) electrons. The molecule has 0 fully saturated rings. The first-order valence-corrected chi connectivity index (χ1v) is 13.6. The maximum atomic E-state index is 12.5. The smallest absolute Gasteiger partial charge is 0.0883 e. The van der Waals surface area contributed by atoms with Crippen molar-refractivity contribution in [3.8, 4) is 0 Å². The molecule has 0 aliphatic heterocycles. The molecule has 0 amide bonds. The minimum Gasteiger partial charge on any atom is -0.633 e. The Kier molecular flexibility index (Phi) is 21.1. The van der Waals surface area contributed by atoms with Crippen LogP contribution in [-0.4, -0.2) is 24.8 Å². The van der Waals surface area contributed by atoms with Crippen LogP contribution in [0.4, 0.5) is 0 Å². The average molecular weight is 412 g/mol. The van der Waals surface area contributed by atoms with Gasteiger partial charge in [-0.05, 0) is 25.7 Å². The Morgan fingerprint density at radius 1 is 0.448 bits per heavy atom. The summed E-state index contributed by atoms with van der Waals surface area (Å²) >= 11 is 0. The first-order valence-electron chi connectivity index (χ1n) is 13.6. The van der Waals surface area contributed by atoms with Crippen LogP contribution in [0.1, 0.15) is 155 Å². The topological polar surface area (TPSA) is 23.1 Å². The summed E-state index contributed by atoms with van der Waals surface area (Å²) in [5, 5.41) is 12.5. The van der Waals surface area contributed by atoms with Crippen molar-refractivity contribution in [1.29, 1.82) is 0 Å². The van der Waals surface area contributed by atoms with E-state index < -0.39 is 0 Å². The molecule has 29 heavy (non-hydrogen) atoms. The molecule has 0 bridgehead atoms. The zero-order chi connectivity index (χ0) is 21.6. The van der Waals surface area contributed by atoms with Gasteiger partial charge in [-0.3, -0.25) is 0 Å². The van der Waals surface area contributed by atoms with Gasteiger partial charge >= 0.3 is 0 Å². The van der Waals surface area contributed by atoms with Crippen molar-refractivity contribution in [2.24, 2.45) is 0 Å². The highest BCUT2D eigenvalue weighted by Gasteiger charge is 2.19. The van der Waals surface area contributed by atoms with Crippen LogP contribution < -0.4 is 0 Å². The Bertz CT molecular complexity index is 310. The summed E-state index contributed by atoms with van der Waals surface area (Å²) in [5.41, 5.74) is 0. The minimum absolute atomic E-state index is 0.0888. The Labute approximate surface area is 185 Å². The predicted molar refractivity (Wildman–Crippen MR) is 132 cm³/mol. The fourth-order valence-corrected chi connectivity index (χ4v) is 4.50. The third-order valence-electron chi connectivity index (χ3n) is 6.66. The van der Waals surface area contributed by atoms with Crippen molar-refractivity contribution in [2.45, 2.75) is 161 Å². The molecule has 0 rings (SSSR count). The predicted octanol–water partition coefficient (Wildman–Crippen LogP) is 9.55. The molecule has 1 unspecified atom stereocenters. The first-order chi connectivity index (χ1) is 14.0. The molecule has 0 saturated heterocycles. The van der Waals surface area contributed by atoms with Gasteiger partial charge < -0.3 is 9.85 Å². The van der Waals surface area contributed by atoms with E-state index in [0.29, 0.717) is 6.04 Å². The van der Waals surface area contributed by atoms with Crippen molar-refractivity contribution in [2.75, 3.05) is 14.1 Å². The third-order valence-corrected chi connectivity index (χ3v) is 6.66. The van der Waals surface area contributed by atoms with Crippen LogP contribution in [0.3, 0.4) is 0 Å². The number of nitrogens with zero attached hydrogens (tertiary/aromatic N) is 1. The molecule has 0 saturated carbocycles. The van der Waals surface area contributed by atoms with Gasteiger partial charge in [0, 0.05) is 0 Å². The zero-order valence-electron chi connectivity index (χ0n) is 21.0. The molecule has 0 heterocycles. The summed E-state index contributed by atoms with van der Waals surface area (Å²) in [6, 6.07) is 0.318. The van der Waals surface area contributed by atoms with Gasteiger partial charge in [0.15, 0.2) is 0 Å². The molecule has 2 nitrogen and oxygen atoms in total. The van der Waals surface area contributed by atoms with Gasteiger partial charge in [-0.2, -0.15) is 0 Å². The van der Waals surface area contributed by atoms with E-state index in [-0.39, 0.29) is 4.65 Å². The molecular weight excluding hydrogens is 354 g/mol. The van der Waals surface area contributed by atoms with E-state index >= 15 is 0 Å². The Hall–Kier alpha value is -0.0800. The van der Waals surface area contributed by atoms with Crippen molar-refractivity contribution in [3.63, 3.8) is 0 Å². The van der Waals surface area contributed by atoms with Crippen LogP contribution in [-0.2, 0) is 0 Å². The lowest BCUT2D eigenvalue weighted by molar-refractivity contribution is -0.867. The highest BCUT2D eigenvalue weighted by molar-refractivity contribution is 4.61. The lowest BCUT2D eigenvalue weighted by Gasteiger charge is -2.42. The van der Waals surface area contributed by atoms with E-state index in [9.17, 15) is 5.21 Å². The summed E-state index contributed by atoms with van der Waals surface area (Å²) in [5.74, 6) is 0. The van der Waals surface area contributed by atoms with Gasteiger partial charge in [0.25, 0.3) is 0 Å². The van der Waals surface area contributed by atoms with Crippen LogP contribution in [0.2, 0.25) is 0 Å². The summed E-state index contributed by atoms with van der Waals surface area (Å²) in [6.07, 6.45) is 29.8. The number of hydrogen-bond acceptors (Lipinski definition) is 1. The molecular formula is C27H57NO. The molecule has 0 aromatic carbocycles. The van der Waals surface area contributed by atoms with Gasteiger partial charge in [-0.25, -0.2) is 0 Å². The monoisotopic (exact) mass is 411 g/mol. The van der Waals surface area contributed by atoms with E-state index in [1.807, 2.05) is 14.1 Å². The van der Waals surface area contributed by atoms with E-state index in [4.69, 9.17) is 0 Å². The number of unbranched alkanes of at least 4 members (excludes halogenated alkanes) is 18. The summed E-state index contributed by atoms with van der Waals surface area (Å²) in [6.45, 7) is 4.56. The second kappa shape index (κ2) is 21.2. The van der Waals surface area contributed by atoms with Gasteiger partial charge in [-0.1, -0.05) is 129 Å². The van der Waals surface area contributed by atoms with Crippen molar-refractivity contribution >= 4 is 0 Å². The summed E-state index contributed by atoms with van der Waals surface area (Å²) < 4.78 is -0.0888. The fourth-order valence-electron chi connectivity index (χ4n) is 4.50. The highest BCUT2D eigenvalue weighted by Crippen LogP contribution is 2.21. The van der Waals surface area contributed by atoms with Crippen LogP contribution in [0.15, 0.2) is 0 Å². The normalized spacial score (nSPS) is 13.1. The lowest BCUT2D eigenvalue weighted by atomic mass is 9.98. The maximum Gasteiger partial charge on any atom is 0.0883 e. The largest absolute Gasteiger partial charge is 0.633 e. The van der Waals surface area contributed by atoms with Crippen LogP contribution in [0.5, 0.6) is 0 Å². The molecule has 0 aromatic heterocycles. The Morgan fingerprint density at radius 2 is 0.690 bits per heavy atom. The molecule has 2 heteroatoms. The number of hydroxylamine groups is 3. The van der Waals surface area contributed by atoms with Crippen molar-refractivity contribution in [1.82, 2.24) is 0 Å². The minimum atomic E-state index is -0.0888. The van der Waals surface area contributed by atoms with Crippen LogP contribution in [0.25, 0.3) is 0 Å². The molecule has 0 N–H and O–H groups in total. The zero-order valence-corrected chi connectivity index (χ0v) is 21.0. The van der Waals surface area contributed by atoms with Crippen molar-refractivity contribution in [3.05, 3.63) is 5.21 Å². The lowest BCUT2D eigenvalue weighted by Crippen LogP contribution is -2.43. The average Bonchev–Trinajstić information content (AvgIpc) is 2.68. The quantitative estimate of drug-likeness (QED) is 0.0932. The summed E-state index contributed by atoms with van der Waals surface area (Å²) in [7, 11) is 3.71. The van der Waals surface area contributed by atoms with Crippen molar-refractivity contribution < 1.29 is 4.65 Å². The fraction of sp³-hybridized carbons (Fsp3) is 1.00. The second-order valence-electron chi connectivity index (χ2n) is 10.0. The molecule has 0 spiro atoms. The van der Waals surface area contributed by atoms with E-state index in [0.717, 1.165) is 12.8 Å². The summed E-state index contributed by atoms with van der Waals surface area (Å²) in [4.78, 5) is 0. The van der Waals surface area contributed by atoms with Gasteiger partial charge in [0.05, 0.1) is 20.1 Å². The number of rotatable bonds is 23. The van der Waals surface area contributed by atoms with Gasteiger partial charge in [0.2, 0.25) is 0 Å².